The minimum atomic E-state index is 0.567. The molecule has 0 unspecified atom stereocenters. The van der Waals surface area contributed by atoms with Gasteiger partial charge in [-0.2, -0.15) is 0 Å². The minimum absolute atomic E-state index is 0.567. The molecule has 0 aliphatic rings. The number of ether oxygens (including phenoxy) is 3. The fourth-order valence-electron chi connectivity index (χ4n) is 1.97. The largest absolute Gasteiger partial charge is 0.493 e. The van der Waals surface area contributed by atoms with Crippen LogP contribution in [0, 0.1) is 11.8 Å². The van der Waals surface area contributed by atoms with Crippen LogP contribution >= 0.6 is 15.9 Å². The topological polar surface area (TPSA) is 27.7 Å². The van der Waals surface area contributed by atoms with Crippen LogP contribution in [0.2, 0.25) is 0 Å². The van der Waals surface area contributed by atoms with Crippen molar-refractivity contribution >= 4 is 15.9 Å². The lowest BCUT2D eigenvalue weighted by atomic mass is 10.1. The fourth-order valence-corrected chi connectivity index (χ4v) is 2.35. The molecule has 0 saturated heterocycles. The smallest absolute Gasteiger partial charge is 0.203 e. The molecule has 0 spiro atoms. The van der Waals surface area contributed by atoms with Gasteiger partial charge in [0.05, 0.1) is 21.3 Å². The van der Waals surface area contributed by atoms with E-state index < -0.39 is 0 Å². The van der Waals surface area contributed by atoms with E-state index in [1.165, 1.54) is 5.56 Å². The van der Waals surface area contributed by atoms with E-state index in [1.807, 2.05) is 36.4 Å². The highest BCUT2D eigenvalue weighted by atomic mass is 79.9. The summed E-state index contributed by atoms with van der Waals surface area (Å²) in [5, 5.41) is 0.841. The third kappa shape index (κ3) is 3.75. The van der Waals surface area contributed by atoms with Crippen LogP contribution in [0.1, 0.15) is 16.7 Å². The van der Waals surface area contributed by atoms with Crippen molar-refractivity contribution in [2.45, 2.75) is 5.33 Å². The molecule has 0 aliphatic carbocycles. The molecular weight excluding hydrogens is 344 g/mol. The second-order valence-corrected chi connectivity index (χ2v) is 5.06. The Labute approximate surface area is 139 Å². The van der Waals surface area contributed by atoms with Gasteiger partial charge in [-0.25, -0.2) is 0 Å². The fraction of sp³-hybridized carbons (Fsp3) is 0.222. The van der Waals surface area contributed by atoms with Crippen LogP contribution in [0.15, 0.2) is 36.4 Å². The number of hydrogen-bond acceptors (Lipinski definition) is 3. The number of benzene rings is 2. The lowest BCUT2D eigenvalue weighted by Crippen LogP contribution is -1.95. The highest BCUT2D eigenvalue weighted by molar-refractivity contribution is 9.08. The Balaban J connectivity index is 2.35. The van der Waals surface area contributed by atoms with Gasteiger partial charge in [0.15, 0.2) is 11.5 Å². The van der Waals surface area contributed by atoms with E-state index in [0.717, 1.165) is 16.5 Å². The molecule has 0 N–H and O–H groups in total. The molecule has 4 heteroatoms. The molecule has 0 saturated carbocycles. The zero-order valence-electron chi connectivity index (χ0n) is 12.8. The normalized spacial score (nSPS) is 9.64. The summed E-state index contributed by atoms with van der Waals surface area (Å²) in [6.45, 7) is 0. The molecule has 0 bridgehead atoms. The molecule has 2 aromatic carbocycles. The Hall–Kier alpha value is -2.12. The number of alkyl halides is 1. The molecule has 0 radical (unpaired) electrons. The van der Waals surface area contributed by atoms with E-state index in [2.05, 4.69) is 27.8 Å². The molecule has 0 aliphatic heterocycles. The monoisotopic (exact) mass is 360 g/mol. The van der Waals surface area contributed by atoms with Gasteiger partial charge in [-0.1, -0.05) is 39.9 Å². The summed E-state index contributed by atoms with van der Waals surface area (Å²) < 4.78 is 15.9. The van der Waals surface area contributed by atoms with Crippen molar-refractivity contribution < 1.29 is 14.2 Å². The predicted octanol–water partition coefficient (Wildman–Crippen LogP) is 4.01. The Kier molecular flexibility index (Phi) is 5.74. The standard InChI is InChI=1S/C18H17BrO3/c1-20-16-10-15(11-17(21-2)18(16)22-3)9-6-13-4-7-14(12-19)8-5-13/h4-5,7-8,10-11H,12H2,1-3H3. The quantitative estimate of drug-likeness (QED) is 0.609. The third-order valence-corrected chi connectivity index (χ3v) is 3.77. The third-order valence-electron chi connectivity index (χ3n) is 3.12. The van der Waals surface area contributed by atoms with Crippen molar-refractivity contribution in [2.75, 3.05) is 21.3 Å². The molecule has 2 rings (SSSR count). The first-order chi connectivity index (χ1) is 10.7. The molecule has 0 amide bonds. The maximum absolute atomic E-state index is 5.32. The summed E-state index contributed by atoms with van der Waals surface area (Å²) in [4.78, 5) is 0. The van der Waals surface area contributed by atoms with E-state index in [4.69, 9.17) is 14.2 Å². The van der Waals surface area contributed by atoms with Crippen LogP contribution < -0.4 is 14.2 Å². The maximum Gasteiger partial charge on any atom is 0.203 e. The van der Waals surface area contributed by atoms with Crippen LogP contribution in [0.3, 0.4) is 0 Å². The van der Waals surface area contributed by atoms with E-state index in [0.29, 0.717) is 17.2 Å². The molecule has 114 valence electrons. The lowest BCUT2D eigenvalue weighted by molar-refractivity contribution is 0.324. The van der Waals surface area contributed by atoms with Gasteiger partial charge in [0.25, 0.3) is 0 Å². The van der Waals surface area contributed by atoms with E-state index in [1.54, 1.807) is 21.3 Å². The Morgan fingerprint density at radius 1 is 0.818 bits per heavy atom. The van der Waals surface area contributed by atoms with E-state index >= 15 is 0 Å². The van der Waals surface area contributed by atoms with Gasteiger partial charge >= 0.3 is 0 Å². The molecule has 22 heavy (non-hydrogen) atoms. The van der Waals surface area contributed by atoms with Crippen molar-refractivity contribution in [2.24, 2.45) is 0 Å². The first-order valence-electron chi connectivity index (χ1n) is 6.68. The summed E-state index contributed by atoms with van der Waals surface area (Å²) in [5.41, 5.74) is 2.98. The van der Waals surface area contributed by atoms with Crippen LogP contribution in [-0.4, -0.2) is 21.3 Å². The van der Waals surface area contributed by atoms with Gasteiger partial charge in [-0.05, 0) is 29.8 Å². The van der Waals surface area contributed by atoms with Gasteiger partial charge in [0.2, 0.25) is 5.75 Å². The zero-order chi connectivity index (χ0) is 15.9. The maximum atomic E-state index is 5.32. The Morgan fingerprint density at radius 2 is 1.36 bits per heavy atom. The van der Waals surface area contributed by atoms with Crippen LogP contribution in [0.5, 0.6) is 17.2 Å². The molecule has 3 nitrogen and oxygen atoms in total. The number of halogens is 1. The van der Waals surface area contributed by atoms with Crippen LogP contribution in [0.4, 0.5) is 0 Å². The highest BCUT2D eigenvalue weighted by Crippen LogP contribution is 2.37. The van der Waals surface area contributed by atoms with E-state index in [9.17, 15) is 0 Å². The number of methoxy groups -OCH3 is 3. The first-order valence-corrected chi connectivity index (χ1v) is 7.81. The summed E-state index contributed by atoms with van der Waals surface area (Å²) in [6.07, 6.45) is 0. The summed E-state index contributed by atoms with van der Waals surface area (Å²) >= 11 is 3.43. The number of rotatable bonds is 4. The summed E-state index contributed by atoms with van der Waals surface area (Å²) in [7, 11) is 4.76. The van der Waals surface area contributed by atoms with E-state index in [-0.39, 0.29) is 0 Å². The number of hydrogen-bond donors (Lipinski definition) is 0. The van der Waals surface area contributed by atoms with Gasteiger partial charge in [0, 0.05) is 16.5 Å². The second-order valence-electron chi connectivity index (χ2n) is 4.49. The SMILES string of the molecule is COc1cc(C#Cc2ccc(CBr)cc2)cc(OC)c1OC. The average Bonchev–Trinajstić information content (AvgIpc) is 2.59. The summed E-state index contributed by atoms with van der Waals surface area (Å²) in [6, 6.07) is 11.8. The lowest BCUT2D eigenvalue weighted by Gasteiger charge is -2.12. The Morgan fingerprint density at radius 3 is 1.82 bits per heavy atom. The van der Waals surface area contributed by atoms with Crippen molar-refractivity contribution in [1.82, 2.24) is 0 Å². The van der Waals surface area contributed by atoms with Crippen molar-refractivity contribution in [3.63, 3.8) is 0 Å². The van der Waals surface area contributed by atoms with Crippen molar-refractivity contribution in [3.05, 3.63) is 53.1 Å². The van der Waals surface area contributed by atoms with Gasteiger partial charge in [-0.3, -0.25) is 0 Å². The van der Waals surface area contributed by atoms with Gasteiger partial charge < -0.3 is 14.2 Å². The van der Waals surface area contributed by atoms with Crippen molar-refractivity contribution in [1.29, 1.82) is 0 Å². The predicted molar refractivity (Wildman–Crippen MR) is 91.2 cm³/mol. The molecule has 2 aromatic rings. The van der Waals surface area contributed by atoms with Gasteiger partial charge in [0.1, 0.15) is 0 Å². The minimum Gasteiger partial charge on any atom is -0.493 e. The first kappa shape index (κ1) is 16.3. The highest BCUT2D eigenvalue weighted by Gasteiger charge is 2.12. The molecule has 0 atom stereocenters. The molecule has 0 fully saturated rings. The second kappa shape index (κ2) is 7.77. The molecule has 0 aromatic heterocycles. The average molecular weight is 361 g/mol. The summed E-state index contributed by atoms with van der Waals surface area (Å²) in [5.74, 6) is 8.02. The zero-order valence-corrected chi connectivity index (χ0v) is 14.4. The Bertz CT molecular complexity index is 672. The molecular formula is C18H17BrO3. The van der Waals surface area contributed by atoms with Gasteiger partial charge in [-0.15, -0.1) is 0 Å². The van der Waals surface area contributed by atoms with Crippen molar-refractivity contribution in [3.8, 4) is 29.1 Å². The molecule has 0 heterocycles. The van der Waals surface area contributed by atoms with Crippen LogP contribution in [0.25, 0.3) is 0 Å². The van der Waals surface area contributed by atoms with Crippen LogP contribution in [-0.2, 0) is 5.33 Å².